The average Bonchev–Trinajstić information content (AvgIpc) is 2.22. The Balaban J connectivity index is 2.80. The molecule has 2 nitrogen and oxygen atoms in total. The van der Waals surface area contributed by atoms with Gasteiger partial charge in [0, 0.05) is 13.2 Å². The van der Waals surface area contributed by atoms with E-state index in [9.17, 15) is 0 Å². The molecular formula is C11H15Cl2NO. The van der Waals surface area contributed by atoms with E-state index in [0.29, 0.717) is 10.0 Å². The van der Waals surface area contributed by atoms with Crippen molar-refractivity contribution in [2.45, 2.75) is 26.0 Å². The van der Waals surface area contributed by atoms with Crippen LogP contribution in [0.2, 0.25) is 10.0 Å². The summed E-state index contributed by atoms with van der Waals surface area (Å²) >= 11 is 12.1. The molecular weight excluding hydrogens is 233 g/mol. The first-order valence-electron chi connectivity index (χ1n) is 4.79. The summed E-state index contributed by atoms with van der Waals surface area (Å²) in [5.41, 5.74) is 0.761. The second kappa shape index (κ2) is 5.59. The van der Waals surface area contributed by atoms with Crippen LogP contribution in [0.3, 0.4) is 0 Å². The van der Waals surface area contributed by atoms with E-state index in [1.807, 2.05) is 19.9 Å². The van der Waals surface area contributed by atoms with Crippen molar-refractivity contribution in [1.29, 1.82) is 0 Å². The van der Waals surface area contributed by atoms with Crippen LogP contribution in [0.25, 0.3) is 0 Å². The van der Waals surface area contributed by atoms with Crippen molar-refractivity contribution in [3.8, 4) is 0 Å². The molecule has 84 valence electrons. The average molecular weight is 248 g/mol. The molecule has 1 N–H and O–H groups in total. The third-order valence-electron chi connectivity index (χ3n) is 2.41. The van der Waals surface area contributed by atoms with Gasteiger partial charge in [-0.05, 0) is 26.0 Å². The van der Waals surface area contributed by atoms with Gasteiger partial charge < -0.3 is 10.1 Å². The van der Waals surface area contributed by atoms with Crippen LogP contribution in [0.5, 0.6) is 0 Å². The molecule has 1 aromatic carbocycles. The van der Waals surface area contributed by atoms with Crippen LogP contribution in [0, 0.1) is 0 Å². The number of nitrogens with one attached hydrogen (secondary N) is 1. The molecule has 0 bridgehead atoms. The Bertz CT molecular complexity index is 310. The smallest absolute Gasteiger partial charge is 0.0741 e. The van der Waals surface area contributed by atoms with Crippen LogP contribution in [-0.4, -0.2) is 19.3 Å². The molecule has 0 spiro atoms. The van der Waals surface area contributed by atoms with E-state index >= 15 is 0 Å². The molecule has 0 fully saturated rings. The zero-order chi connectivity index (χ0) is 11.4. The van der Waals surface area contributed by atoms with Crippen molar-refractivity contribution >= 4 is 28.9 Å². The standard InChI is InChI=1S/C11H15Cl2NO/c1-7(8(2)15-3)14-11-9(12)5-4-6-10(11)13/h4-8,14H,1-3H3. The number of methoxy groups -OCH3 is 1. The molecule has 0 radical (unpaired) electrons. The van der Waals surface area contributed by atoms with Crippen molar-refractivity contribution in [2.24, 2.45) is 0 Å². The monoisotopic (exact) mass is 247 g/mol. The summed E-state index contributed by atoms with van der Waals surface area (Å²) in [5.74, 6) is 0. The number of para-hydroxylation sites is 1. The van der Waals surface area contributed by atoms with Gasteiger partial charge in [0.1, 0.15) is 0 Å². The zero-order valence-corrected chi connectivity index (χ0v) is 10.6. The molecule has 0 saturated carbocycles. The van der Waals surface area contributed by atoms with E-state index in [2.05, 4.69) is 5.32 Å². The highest BCUT2D eigenvalue weighted by Gasteiger charge is 2.13. The van der Waals surface area contributed by atoms with Crippen molar-refractivity contribution < 1.29 is 4.74 Å². The van der Waals surface area contributed by atoms with Gasteiger partial charge in [-0.3, -0.25) is 0 Å². The maximum absolute atomic E-state index is 6.03. The fraction of sp³-hybridized carbons (Fsp3) is 0.455. The summed E-state index contributed by atoms with van der Waals surface area (Å²) in [7, 11) is 1.68. The van der Waals surface area contributed by atoms with Crippen LogP contribution in [0.1, 0.15) is 13.8 Å². The summed E-state index contributed by atoms with van der Waals surface area (Å²) in [6.45, 7) is 4.01. The topological polar surface area (TPSA) is 21.3 Å². The Morgan fingerprint density at radius 1 is 1.20 bits per heavy atom. The van der Waals surface area contributed by atoms with Crippen LogP contribution < -0.4 is 5.32 Å². The fourth-order valence-electron chi connectivity index (χ4n) is 1.18. The van der Waals surface area contributed by atoms with Crippen LogP contribution in [0.15, 0.2) is 18.2 Å². The molecule has 0 aromatic heterocycles. The predicted molar refractivity (Wildman–Crippen MR) is 66.0 cm³/mol. The van der Waals surface area contributed by atoms with E-state index in [1.165, 1.54) is 0 Å². The lowest BCUT2D eigenvalue weighted by Gasteiger charge is -2.22. The fourth-order valence-corrected chi connectivity index (χ4v) is 1.69. The first-order valence-corrected chi connectivity index (χ1v) is 5.55. The molecule has 0 amide bonds. The summed E-state index contributed by atoms with van der Waals surface area (Å²) in [4.78, 5) is 0. The van der Waals surface area contributed by atoms with E-state index < -0.39 is 0 Å². The van der Waals surface area contributed by atoms with E-state index in [-0.39, 0.29) is 12.1 Å². The van der Waals surface area contributed by atoms with Gasteiger partial charge in [0.2, 0.25) is 0 Å². The number of anilines is 1. The second-order valence-electron chi connectivity index (χ2n) is 3.47. The second-order valence-corrected chi connectivity index (χ2v) is 4.28. The van der Waals surface area contributed by atoms with Crippen LogP contribution in [-0.2, 0) is 4.74 Å². The van der Waals surface area contributed by atoms with Gasteiger partial charge in [0.25, 0.3) is 0 Å². The van der Waals surface area contributed by atoms with Crippen molar-refractivity contribution in [1.82, 2.24) is 0 Å². The van der Waals surface area contributed by atoms with Gasteiger partial charge in [-0.2, -0.15) is 0 Å². The molecule has 0 heterocycles. The third kappa shape index (κ3) is 3.26. The van der Waals surface area contributed by atoms with Crippen molar-refractivity contribution in [2.75, 3.05) is 12.4 Å². The number of benzene rings is 1. The van der Waals surface area contributed by atoms with Crippen molar-refractivity contribution in [3.05, 3.63) is 28.2 Å². The SMILES string of the molecule is COC(C)C(C)Nc1c(Cl)cccc1Cl. The van der Waals surface area contributed by atoms with E-state index in [1.54, 1.807) is 19.2 Å². The normalized spacial score (nSPS) is 14.7. The number of rotatable bonds is 4. The number of halogens is 2. The summed E-state index contributed by atoms with van der Waals surface area (Å²) in [5, 5.41) is 4.49. The Hall–Kier alpha value is -0.440. The van der Waals surface area contributed by atoms with Gasteiger partial charge in [-0.15, -0.1) is 0 Å². The lowest BCUT2D eigenvalue weighted by Crippen LogP contribution is -2.29. The summed E-state index contributed by atoms with van der Waals surface area (Å²) in [6, 6.07) is 5.58. The maximum Gasteiger partial charge on any atom is 0.0741 e. The minimum absolute atomic E-state index is 0.0948. The van der Waals surface area contributed by atoms with Gasteiger partial charge in [-0.1, -0.05) is 29.3 Å². The molecule has 0 aliphatic rings. The number of hydrogen-bond acceptors (Lipinski definition) is 2. The molecule has 1 rings (SSSR count). The van der Waals surface area contributed by atoms with Crippen molar-refractivity contribution in [3.63, 3.8) is 0 Å². The Morgan fingerprint density at radius 2 is 1.73 bits per heavy atom. The van der Waals surface area contributed by atoms with Gasteiger partial charge in [0.15, 0.2) is 0 Å². The summed E-state index contributed by atoms with van der Waals surface area (Å²) in [6.07, 6.45) is 0.0948. The minimum atomic E-state index is 0.0948. The first-order chi connectivity index (χ1) is 7.06. The Morgan fingerprint density at radius 3 is 2.20 bits per heavy atom. The molecule has 4 heteroatoms. The van der Waals surface area contributed by atoms with Gasteiger partial charge >= 0.3 is 0 Å². The molecule has 15 heavy (non-hydrogen) atoms. The first kappa shape index (κ1) is 12.6. The third-order valence-corrected chi connectivity index (χ3v) is 3.04. The van der Waals surface area contributed by atoms with Crippen LogP contribution >= 0.6 is 23.2 Å². The Kier molecular flexibility index (Phi) is 4.71. The highest BCUT2D eigenvalue weighted by Crippen LogP contribution is 2.30. The van der Waals surface area contributed by atoms with Gasteiger partial charge in [-0.25, -0.2) is 0 Å². The quantitative estimate of drug-likeness (QED) is 0.874. The van der Waals surface area contributed by atoms with Crippen LogP contribution in [0.4, 0.5) is 5.69 Å². The molecule has 2 unspecified atom stereocenters. The zero-order valence-electron chi connectivity index (χ0n) is 9.05. The van der Waals surface area contributed by atoms with Gasteiger partial charge in [0.05, 0.1) is 21.8 Å². The Labute approximate surface area is 101 Å². The predicted octanol–water partition coefficient (Wildman–Crippen LogP) is 3.83. The lowest BCUT2D eigenvalue weighted by molar-refractivity contribution is 0.106. The summed E-state index contributed by atoms with van der Waals surface area (Å²) < 4.78 is 5.22. The molecule has 0 saturated heterocycles. The highest BCUT2D eigenvalue weighted by atomic mass is 35.5. The molecule has 2 atom stereocenters. The van der Waals surface area contributed by atoms with E-state index in [0.717, 1.165) is 5.69 Å². The molecule has 0 aliphatic carbocycles. The number of ether oxygens (including phenoxy) is 1. The lowest BCUT2D eigenvalue weighted by atomic mass is 10.2. The largest absolute Gasteiger partial charge is 0.380 e. The molecule has 0 aliphatic heterocycles. The highest BCUT2D eigenvalue weighted by molar-refractivity contribution is 6.39. The minimum Gasteiger partial charge on any atom is -0.380 e. The molecule has 1 aromatic rings. The van der Waals surface area contributed by atoms with E-state index in [4.69, 9.17) is 27.9 Å². The number of hydrogen-bond donors (Lipinski definition) is 1. The maximum atomic E-state index is 6.03.